The zero-order valence-corrected chi connectivity index (χ0v) is 10.6. The lowest BCUT2D eigenvalue weighted by molar-refractivity contribution is -0.295. The molecule has 18 heavy (non-hydrogen) atoms. The van der Waals surface area contributed by atoms with Crippen LogP contribution in [-0.4, -0.2) is 77.1 Å². The Bertz CT molecular complexity index is 229. The van der Waals surface area contributed by atoms with Crippen molar-refractivity contribution in [1.82, 2.24) is 0 Å². The lowest BCUT2D eigenvalue weighted by Gasteiger charge is -2.42. The Morgan fingerprint density at radius 1 is 1.00 bits per heavy atom. The van der Waals surface area contributed by atoms with Gasteiger partial charge in [-0.05, 0) is 13.8 Å². The van der Waals surface area contributed by atoms with Crippen LogP contribution in [0.25, 0.3) is 0 Å². The summed E-state index contributed by atoms with van der Waals surface area (Å²) in [6.07, 6.45) is -6.89. The van der Waals surface area contributed by atoms with Gasteiger partial charge in [-0.1, -0.05) is 0 Å². The maximum Gasteiger partial charge on any atom is 0.186 e. The second-order valence-electron chi connectivity index (χ2n) is 4.07. The summed E-state index contributed by atoms with van der Waals surface area (Å²) in [6.45, 7) is 3.75. The molecule has 7 heteroatoms. The Kier molecular flexibility index (Phi) is 6.44. The van der Waals surface area contributed by atoms with Gasteiger partial charge in [0.2, 0.25) is 0 Å². The van der Waals surface area contributed by atoms with Gasteiger partial charge in [0.1, 0.15) is 30.5 Å². The third-order valence-electron chi connectivity index (χ3n) is 2.86. The van der Waals surface area contributed by atoms with Crippen molar-refractivity contribution < 1.29 is 34.6 Å². The fourth-order valence-corrected chi connectivity index (χ4v) is 1.92. The molecule has 1 heterocycles. The molecule has 0 radical (unpaired) electrons. The van der Waals surface area contributed by atoms with E-state index in [2.05, 4.69) is 0 Å². The first-order chi connectivity index (χ1) is 8.56. The van der Waals surface area contributed by atoms with Gasteiger partial charge < -0.3 is 34.6 Å². The van der Waals surface area contributed by atoms with Crippen molar-refractivity contribution in [2.45, 2.75) is 50.7 Å². The van der Waals surface area contributed by atoms with E-state index in [0.717, 1.165) is 0 Å². The zero-order chi connectivity index (χ0) is 13.7. The summed E-state index contributed by atoms with van der Waals surface area (Å²) in [7, 11) is 0. The van der Waals surface area contributed by atoms with Crippen LogP contribution in [-0.2, 0) is 14.2 Å². The second-order valence-corrected chi connectivity index (χ2v) is 4.07. The minimum Gasteiger partial charge on any atom is -0.394 e. The number of hydrogen-bond donors (Lipinski definition) is 4. The highest BCUT2D eigenvalue weighted by atomic mass is 16.7. The Morgan fingerprint density at radius 2 is 1.56 bits per heavy atom. The van der Waals surface area contributed by atoms with E-state index in [1.54, 1.807) is 13.8 Å². The molecule has 108 valence electrons. The van der Waals surface area contributed by atoms with Crippen molar-refractivity contribution in [3.8, 4) is 0 Å². The molecule has 4 N–H and O–H groups in total. The molecular formula is C11H22O7. The van der Waals surface area contributed by atoms with Gasteiger partial charge >= 0.3 is 0 Å². The van der Waals surface area contributed by atoms with Crippen LogP contribution in [0.4, 0.5) is 0 Å². The average molecular weight is 266 g/mol. The summed E-state index contributed by atoms with van der Waals surface area (Å²) < 4.78 is 15.9. The predicted molar refractivity (Wildman–Crippen MR) is 60.8 cm³/mol. The van der Waals surface area contributed by atoms with Gasteiger partial charge in [-0.15, -0.1) is 0 Å². The molecule has 0 aromatic carbocycles. The fraction of sp³-hybridized carbons (Fsp3) is 1.00. The van der Waals surface area contributed by atoms with E-state index in [1.807, 2.05) is 0 Å². The van der Waals surface area contributed by atoms with Crippen LogP contribution in [0.1, 0.15) is 13.8 Å². The van der Waals surface area contributed by atoms with E-state index >= 15 is 0 Å². The normalized spacial score (nSPS) is 37.2. The van der Waals surface area contributed by atoms with E-state index in [9.17, 15) is 15.3 Å². The molecule has 1 aliphatic rings. The minimum atomic E-state index is -1.41. The topological polar surface area (TPSA) is 109 Å². The van der Waals surface area contributed by atoms with E-state index < -0.39 is 43.4 Å². The van der Waals surface area contributed by atoms with Gasteiger partial charge in [-0.25, -0.2) is 0 Å². The molecule has 0 saturated carbocycles. The first kappa shape index (κ1) is 15.8. The van der Waals surface area contributed by atoms with Gasteiger partial charge in [0.15, 0.2) is 6.29 Å². The maximum atomic E-state index is 9.87. The summed E-state index contributed by atoms with van der Waals surface area (Å²) in [6, 6.07) is 0. The van der Waals surface area contributed by atoms with Crippen LogP contribution in [0.15, 0.2) is 0 Å². The molecule has 0 unspecified atom stereocenters. The highest BCUT2D eigenvalue weighted by Crippen LogP contribution is 2.25. The Morgan fingerprint density at radius 3 is 2.00 bits per heavy atom. The lowest BCUT2D eigenvalue weighted by atomic mass is 9.95. The molecular weight excluding hydrogens is 244 g/mol. The van der Waals surface area contributed by atoms with Crippen molar-refractivity contribution in [1.29, 1.82) is 0 Å². The highest BCUT2D eigenvalue weighted by Gasteiger charge is 2.47. The van der Waals surface area contributed by atoms with Gasteiger partial charge in [0.05, 0.1) is 6.61 Å². The molecule has 5 atom stereocenters. The molecule has 0 aromatic heterocycles. The van der Waals surface area contributed by atoms with E-state index in [-0.39, 0.29) is 0 Å². The van der Waals surface area contributed by atoms with Gasteiger partial charge in [-0.3, -0.25) is 0 Å². The molecule has 0 amide bonds. The predicted octanol–water partition coefficient (Wildman–Crippen LogP) is -1.77. The Labute approximate surface area is 106 Å². The van der Waals surface area contributed by atoms with Crippen LogP contribution in [0, 0.1) is 0 Å². The Balaban J connectivity index is 2.77. The van der Waals surface area contributed by atoms with Crippen molar-refractivity contribution in [3.05, 3.63) is 0 Å². The summed E-state index contributed by atoms with van der Waals surface area (Å²) >= 11 is 0. The minimum absolute atomic E-state index is 0.347. The summed E-state index contributed by atoms with van der Waals surface area (Å²) in [5.74, 6) is 0. The maximum absolute atomic E-state index is 9.87. The molecule has 0 aliphatic carbocycles. The van der Waals surface area contributed by atoms with Crippen LogP contribution in [0.3, 0.4) is 0 Å². The monoisotopic (exact) mass is 266 g/mol. The smallest absolute Gasteiger partial charge is 0.186 e. The summed E-state index contributed by atoms with van der Waals surface area (Å²) in [5.41, 5.74) is 0. The standard InChI is InChI=1S/C11H22O7/c1-3-16-11(17-4-2)10-9(15)8(14)7(13)6(5-12)18-10/h6-15H,3-5H2,1-2H3/t6-,7-,8+,9-,10-/m1/s1. The highest BCUT2D eigenvalue weighted by molar-refractivity contribution is 4.93. The number of hydrogen-bond acceptors (Lipinski definition) is 7. The summed E-state index contributed by atoms with van der Waals surface area (Å²) in [4.78, 5) is 0. The molecule has 1 aliphatic heterocycles. The summed E-state index contributed by atoms with van der Waals surface area (Å²) in [5, 5.41) is 38.2. The molecule has 7 nitrogen and oxygen atoms in total. The van der Waals surface area contributed by atoms with Crippen LogP contribution < -0.4 is 0 Å². The van der Waals surface area contributed by atoms with Crippen LogP contribution in [0.2, 0.25) is 0 Å². The molecule has 1 rings (SSSR count). The van der Waals surface area contributed by atoms with Crippen molar-refractivity contribution in [2.24, 2.45) is 0 Å². The number of ether oxygens (including phenoxy) is 3. The number of aliphatic hydroxyl groups is 4. The van der Waals surface area contributed by atoms with Crippen molar-refractivity contribution >= 4 is 0 Å². The molecule has 1 fully saturated rings. The van der Waals surface area contributed by atoms with Crippen molar-refractivity contribution in [3.63, 3.8) is 0 Å². The van der Waals surface area contributed by atoms with Crippen LogP contribution in [0.5, 0.6) is 0 Å². The SMILES string of the molecule is CCOC(OCC)[C@@H]1O[C@H](CO)[C@@H](O)[C@H](O)[C@H]1O. The number of aliphatic hydroxyl groups excluding tert-OH is 4. The fourth-order valence-electron chi connectivity index (χ4n) is 1.92. The number of rotatable bonds is 6. The van der Waals surface area contributed by atoms with Crippen LogP contribution >= 0.6 is 0 Å². The third-order valence-corrected chi connectivity index (χ3v) is 2.86. The van der Waals surface area contributed by atoms with Crippen molar-refractivity contribution in [2.75, 3.05) is 19.8 Å². The zero-order valence-electron chi connectivity index (χ0n) is 10.6. The van der Waals surface area contributed by atoms with Gasteiger partial charge in [-0.2, -0.15) is 0 Å². The van der Waals surface area contributed by atoms with E-state index in [1.165, 1.54) is 0 Å². The van der Waals surface area contributed by atoms with Gasteiger partial charge in [0, 0.05) is 13.2 Å². The molecule has 0 spiro atoms. The van der Waals surface area contributed by atoms with E-state index in [4.69, 9.17) is 19.3 Å². The first-order valence-corrected chi connectivity index (χ1v) is 6.10. The largest absolute Gasteiger partial charge is 0.394 e. The van der Waals surface area contributed by atoms with E-state index in [0.29, 0.717) is 13.2 Å². The molecule has 0 bridgehead atoms. The quantitative estimate of drug-likeness (QED) is 0.421. The first-order valence-electron chi connectivity index (χ1n) is 6.10. The second kappa shape index (κ2) is 7.34. The molecule has 1 saturated heterocycles. The third kappa shape index (κ3) is 3.39. The van der Waals surface area contributed by atoms with Gasteiger partial charge in [0.25, 0.3) is 0 Å². The average Bonchev–Trinajstić information content (AvgIpc) is 2.36. The Hall–Kier alpha value is -0.280. The lowest BCUT2D eigenvalue weighted by Crippen LogP contribution is -2.62. The molecule has 0 aromatic rings.